The molecule has 0 aliphatic carbocycles. The Morgan fingerprint density at radius 2 is 1.97 bits per heavy atom. The van der Waals surface area contributed by atoms with E-state index in [1.807, 2.05) is 0 Å². The highest BCUT2D eigenvalue weighted by Crippen LogP contribution is 2.37. The molecule has 0 aromatic heterocycles. The number of hydrogen-bond acceptors (Lipinski definition) is 7. The molecule has 0 amide bonds. The summed E-state index contributed by atoms with van der Waals surface area (Å²) in [6.07, 6.45) is -4.11. The molecule has 0 saturated heterocycles. The third kappa shape index (κ3) is 7.30. The summed E-state index contributed by atoms with van der Waals surface area (Å²) in [4.78, 5) is 21.6. The molecule has 12 heteroatoms. The molecule has 31 heavy (non-hydrogen) atoms. The van der Waals surface area contributed by atoms with Gasteiger partial charge in [0, 0.05) is 25.3 Å². The smallest absolute Gasteiger partial charge is 0.416 e. The number of esters is 1. The maximum Gasteiger partial charge on any atom is 0.416 e. The van der Waals surface area contributed by atoms with Gasteiger partial charge in [0.05, 0.1) is 22.6 Å². The molecule has 0 radical (unpaired) electrons. The van der Waals surface area contributed by atoms with Crippen LogP contribution in [0.4, 0.5) is 24.5 Å². The van der Waals surface area contributed by atoms with Gasteiger partial charge in [-0.3, -0.25) is 10.1 Å². The molecule has 2 aromatic rings. The zero-order valence-electron chi connectivity index (χ0n) is 16.2. The lowest BCUT2D eigenvalue weighted by Crippen LogP contribution is -2.13. The fourth-order valence-electron chi connectivity index (χ4n) is 2.38. The monoisotopic (exact) mass is 462 g/mol. The largest absolute Gasteiger partial charge is 0.467 e. The van der Waals surface area contributed by atoms with Gasteiger partial charge in [-0.2, -0.15) is 13.2 Å². The molecule has 0 saturated carbocycles. The SMILES string of the molecule is COC(=O)COCCCNc1cc(Oc2ccc(C(F)(F)F)cc2Cl)ccc1[N+](=O)[O-]. The number of halogens is 4. The van der Waals surface area contributed by atoms with E-state index in [0.29, 0.717) is 6.42 Å². The number of carbonyl (C=O) groups excluding carboxylic acids is 1. The fraction of sp³-hybridized carbons (Fsp3) is 0.316. The van der Waals surface area contributed by atoms with E-state index >= 15 is 0 Å². The fourth-order valence-corrected chi connectivity index (χ4v) is 2.60. The van der Waals surface area contributed by atoms with Crippen LogP contribution in [0.3, 0.4) is 0 Å². The molecule has 8 nitrogen and oxygen atoms in total. The van der Waals surface area contributed by atoms with Crippen molar-refractivity contribution in [2.24, 2.45) is 0 Å². The number of nitro benzene ring substituents is 1. The summed E-state index contributed by atoms with van der Waals surface area (Å²) in [6, 6.07) is 6.45. The number of alkyl halides is 3. The van der Waals surface area contributed by atoms with Crippen LogP contribution < -0.4 is 10.1 Å². The van der Waals surface area contributed by atoms with Crippen molar-refractivity contribution in [3.05, 3.63) is 57.1 Å². The molecule has 2 rings (SSSR count). The van der Waals surface area contributed by atoms with E-state index in [2.05, 4.69) is 10.1 Å². The van der Waals surface area contributed by atoms with E-state index in [-0.39, 0.29) is 47.7 Å². The summed E-state index contributed by atoms with van der Waals surface area (Å²) < 4.78 is 53.3. The molecule has 1 N–H and O–H groups in total. The number of ether oxygens (including phenoxy) is 3. The average Bonchev–Trinajstić information content (AvgIpc) is 2.71. The van der Waals surface area contributed by atoms with Gasteiger partial charge in [-0.15, -0.1) is 0 Å². The van der Waals surface area contributed by atoms with Gasteiger partial charge in [-0.05, 0) is 30.7 Å². The Kier molecular flexibility index (Phi) is 8.46. The van der Waals surface area contributed by atoms with E-state index in [0.717, 1.165) is 18.2 Å². The maximum atomic E-state index is 12.7. The van der Waals surface area contributed by atoms with Crippen LogP contribution in [0.2, 0.25) is 5.02 Å². The number of rotatable bonds is 10. The Labute approximate surface area is 180 Å². The van der Waals surface area contributed by atoms with Crippen LogP contribution >= 0.6 is 11.6 Å². The molecule has 0 bridgehead atoms. The van der Waals surface area contributed by atoms with Crippen molar-refractivity contribution < 1.29 is 37.1 Å². The molecular formula is C19H18ClF3N2O6. The maximum absolute atomic E-state index is 12.7. The molecule has 0 unspecified atom stereocenters. The van der Waals surface area contributed by atoms with Crippen molar-refractivity contribution in [2.75, 3.05) is 32.2 Å². The summed E-state index contributed by atoms with van der Waals surface area (Å²) in [7, 11) is 1.24. The Bertz CT molecular complexity index is 939. The number of nitro groups is 1. The zero-order chi connectivity index (χ0) is 23.0. The van der Waals surface area contributed by atoms with Gasteiger partial charge in [-0.1, -0.05) is 11.6 Å². The molecule has 0 aliphatic heterocycles. The van der Waals surface area contributed by atoms with Crippen LogP contribution in [0.1, 0.15) is 12.0 Å². The van der Waals surface area contributed by atoms with Crippen molar-refractivity contribution in [3.8, 4) is 11.5 Å². The second-order valence-corrected chi connectivity index (χ2v) is 6.50. The summed E-state index contributed by atoms with van der Waals surface area (Å²) in [5.41, 5.74) is -1.01. The molecule has 0 fully saturated rings. The zero-order valence-corrected chi connectivity index (χ0v) is 17.0. The first-order chi connectivity index (χ1) is 14.6. The van der Waals surface area contributed by atoms with E-state index in [4.69, 9.17) is 21.1 Å². The van der Waals surface area contributed by atoms with Crippen molar-refractivity contribution in [3.63, 3.8) is 0 Å². The highest BCUT2D eigenvalue weighted by Gasteiger charge is 2.31. The number of nitrogens with zero attached hydrogens (tertiary/aromatic N) is 1. The molecule has 0 spiro atoms. The summed E-state index contributed by atoms with van der Waals surface area (Å²) >= 11 is 5.88. The first kappa shape index (κ1) is 24.2. The van der Waals surface area contributed by atoms with Gasteiger partial charge in [0.1, 0.15) is 23.8 Å². The number of benzene rings is 2. The van der Waals surface area contributed by atoms with Gasteiger partial charge < -0.3 is 19.5 Å². The topological polar surface area (TPSA) is 99.9 Å². The predicted molar refractivity (Wildman–Crippen MR) is 106 cm³/mol. The van der Waals surface area contributed by atoms with Crippen molar-refractivity contribution in [2.45, 2.75) is 12.6 Å². The van der Waals surface area contributed by atoms with Gasteiger partial charge in [-0.25, -0.2) is 4.79 Å². The summed E-state index contributed by atoms with van der Waals surface area (Å²) in [5, 5.41) is 13.8. The number of anilines is 1. The third-order valence-electron chi connectivity index (χ3n) is 3.88. The van der Waals surface area contributed by atoms with Gasteiger partial charge in [0.2, 0.25) is 0 Å². The predicted octanol–water partition coefficient (Wildman–Crippen LogP) is 5.05. The minimum atomic E-state index is -4.55. The van der Waals surface area contributed by atoms with Crippen LogP contribution in [0, 0.1) is 10.1 Å². The summed E-state index contributed by atoms with van der Waals surface area (Å²) in [5.74, 6) is -0.419. The lowest BCUT2D eigenvalue weighted by atomic mass is 10.2. The molecule has 0 atom stereocenters. The molecular weight excluding hydrogens is 445 g/mol. The van der Waals surface area contributed by atoms with Crippen LogP contribution in [-0.2, 0) is 20.4 Å². The molecule has 0 aliphatic rings. The van der Waals surface area contributed by atoms with Crippen molar-refractivity contribution >= 4 is 28.9 Å². The number of carbonyl (C=O) groups is 1. The second kappa shape index (κ2) is 10.8. The Morgan fingerprint density at radius 1 is 1.23 bits per heavy atom. The highest BCUT2D eigenvalue weighted by atomic mass is 35.5. The van der Waals surface area contributed by atoms with E-state index in [1.54, 1.807) is 0 Å². The van der Waals surface area contributed by atoms with Crippen molar-refractivity contribution in [1.29, 1.82) is 0 Å². The van der Waals surface area contributed by atoms with Crippen LogP contribution in [-0.4, -0.2) is 37.8 Å². The van der Waals surface area contributed by atoms with Crippen LogP contribution in [0.25, 0.3) is 0 Å². The van der Waals surface area contributed by atoms with Gasteiger partial charge in [0.25, 0.3) is 5.69 Å². The van der Waals surface area contributed by atoms with E-state index in [1.165, 1.54) is 25.3 Å². The standard InChI is InChI=1S/C19H18ClF3N2O6/c1-29-18(26)11-30-8-2-7-24-15-10-13(4-5-16(15)25(27)28)31-17-6-3-12(9-14(17)20)19(21,22)23/h3-6,9-10,24H,2,7-8,11H2,1H3. The van der Waals surface area contributed by atoms with Crippen LogP contribution in [0.5, 0.6) is 11.5 Å². The Hall–Kier alpha value is -3.05. The van der Waals surface area contributed by atoms with Gasteiger partial charge >= 0.3 is 12.1 Å². The first-order valence-electron chi connectivity index (χ1n) is 8.83. The number of hydrogen-bond donors (Lipinski definition) is 1. The van der Waals surface area contributed by atoms with Gasteiger partial charge in [0.15, 0.2) is 0 Å². The van der Waals surface area contributed by atoms with E-state index < -0.39 is 22.6 Å². The summed E-state index contributed by atoms with van der Waals surface area (Å²) in [6.45, 7) is 0.299. The average molecular weight is 463 g/mol. The number of nitrogens with one attached hydrogen (secondary N) is 1. The Morgan fingerprint density at radius 3 is 2.58 bits per heavy atom. The Balaban J connectivity index is 2.06. The minimum Gasteiger partial charge on any atom is -0.467 e. The number of methoxy groups -OCH3 is 1. The quantitative estimate of drug-likeness (QED) is 0.228. The van der Waals surface area contributed by atoms with Crippen molar-refractivity contribution in [1.82, 2.24) is 0 Å². The molecule has 2 aromatic carbocycles. The third-order valence-corrected chi connectivity index (χ3v) is 4.18. The van der Waals surface area contributed by atoms with Crippen LogP contribution in [0.15, 0.2) is 36.4 Å². The molecule has 168 valence electrons. The molecule has 0 heterocycles. The first-order valence-corrected chi connectivity index (χ1v) is 9.21. The minimum absolute atomic E-state index is 0.0364. The van der Waals surface area contributed by atoms with E-state index in [9.17, 15) is 28.1 Å². The lowest BCUT2D eigenvalue weighted by molar-refractivity contribution is -0.384. The normalized spacial score (nSPS) is 11.1. The lowest BCUT2D eigenvalue weighted by Gasteiger charge is -2.13. The highest BCUT2D eigenvalue weighted by molar-refractivity contribution is 6.32. The second-order valence-electron chi connectivity index (χ2n) is 6.09.